The van der Waals surface area contributed by atoms with Gasteiger partial charge in [0.1, 0.15) is 18.7 Å². The standard InChI is InChI=1S/C28H36N8O4S/c1-16(2)13-20(27(39)36-14-21(32-33-29)25-24(36)22(37)15-40-25)30-26(38)19-7-5-18(6-8-19)23-17(3)41-28(31-23)35-11-9-34(4)10-12-35/h5-8,16,20-21,24-25H,9-15H2,1-4H3,(H,30,38)/t20-,21+,24+,25+/m0/s1. The SMILES string of the molecule is Cc1sc(N2CCN(C)CC2)nc1-c1ccc(C(=O)N[C@@H](CC(C)C)C(=O)N2C[C@@H](N=[N+]=[N-])[C@H]3OCC(=O)[C@H]32)cc1. The van der Waals surface area contributed by atoms with E-state index in [0.717, 1.165) is 47.4 Å². The minimum absolute atomic E-state index is 0.0756. The van der Waals surface area contributed by atoms with Crippen LogP contribution >= 0.6 is 11.3 Å². The highest BCUT2D eigenvalue weighted by Gasteiger charge is 2.53. The number of nitrogens with one attached hydrogen (secondary N) is 1. The first-order valence-corrected chi connectivity index (χ1v) is 14.8. The molecule has 0 saturated carbocycles. The van der Waals surface area contributed by atoms with Gasteiger partial charge in [-0.15, -0.1) is 11.3 Å². The molecule has 41 heavy (non-hydrogen) atoms. The fourth-order valence-electron chi connectivity index (χ4n) is 5.72. The van der Waals surface area contributed by atoms with Crippen LogP contribution in [-0.4, -0.2) is 103 Å². The van der Waals surface area contributed by atoms with E-state index in [0.29, 0.717) is 12.0 Å². The summed E-state index contributed by atoms with van der Waals surface area (Å²) in [6.07, 6.45) is -0.263. The molecule has 3 aliphatic rings. The third-order valence-electron chi connectivity index (χ3n) is 7.93. The van der Waals surface area contributed by atoms with Crippen LogP contribution in [0.25, 0.3) is 21.7 Å². The first kappa shape index (κ1) is 29.0. The number of nitrogens with zero attached hydrogens (tertiary/aromatic N) is 7. The van der Waals surface area contributed by atoms with Gasteiger partial charge in [0, 0.05) is 53.6 Å². The number of hydrogen-bond donors (Lipinski definition) is 1. The molecule has 4 atom stereocenters. The Morgan fingerprint density at radius 1 is 1.22 bits per heavy atom. The van der Waals surface area contributed by atoms with E-state index in [2.05, 4.69) is 39.1 Å². The maximum Gasteiger partial charge on any atom is 0.251 e. The summed E-state index contributed by atoms with van der Waals surface area (Å²) in [6.45, 7) is 9.86. The van der Waals surface area contributed by atoms with Gasteiger partial charge in [0.2, 0.25) is 5.91 Å². The van der Waals surface area contributed by atoms with E-state index >= 15 is 0 Å². The summed E-state index contributed by atoms with van der Waals surface area (Å²) < 4.78 is 5.54. The minimum atomic E-state index is -0.840. The number of amides is 2. The van der Waals surface area contributed by atoms with Gasteiger partial charge in [0.05, 0.1) is 17.8 Å². The number of ketones is 1. The molecule has 0 spiro atoms. The van der Waals surface area contributed by atoms with E-state index in [1.54, 1.807) is 23.5 Å². The minimum Gasteiger partial charge on any atom is -0.367 e. The number of benzene rings is 1. The van der Waals surface area contributed by atoms with Gasteiger partial charge in [-0.05, 0) is 44.0 Å². The first-order valence-electron chi connectivity index (χ1n) is 14.0. The summed E-state index contributed by atoms with van der Waals surface area (Å²) in [5.74, 6) is -0.865. The molecule has 2 amide bonds. The zero-order chi connectivity index (χ0) is 29.3. The van der Waals surface area contributed by atoms with Gasteiger partial charge in [-0.25, -0.2) is 4.98 Å². The molecular weight excluding hydrogens is 544 g/mol. The molecule has 12 nitrogen and oxygen atoms in total. The molecule has 13 heteroatoms. The number of aryl methyl sites for hydroxylation is 1. The first-order chi connectivity index (χ1) is 19.7. The van der Waals surface area contributed by atoms with Crippen LogP contribution < -0.4 is 10.2 Å². The molecule has 1 aromatic carbocycles. The quantitative estimate of drug-likeness (QED) is 0.287. The van der Waals surface area contributed by atoms with Crippen LogP contribution in [-0.2, 0) is 14.3 Å². The summed E-state index contributed by atoms with van der Waals surface area (Å²) in [5.41, 5.74) is 11.2. The Labute approximate surface area is 243 Å². The van der Waals surface area contributed by atoms with Crippen molar-refractivity contribution in [1.82, 2.24) is 20.1 Å². The van der Waals surface area contributed by atoms with Crippen molar-refractivity contribution < 1.29 is 19.1 Å². The Kier molecular flexibility index (Phi) is 8.60. The highest BCUT2D eigenvalue weighted by molar-refractivity contribution is 7.16. The summed E-state index contributed by atoms with van der Waals surface area (Å²) >= 11 is 1.68. The molecule has 3 saturated heterocycles. The molecule has 218 valence electrons. The Morgan fingerprint density at radius 3 is 2.59 bits per heavy atom. The fraction of sp³-hybridized carbons (Fsp3) is 0.571. The maximum absolute atomic E-state index is 13.7. The third-order valence-corrected chi connectivity index (χ3v) is 8.96. The van der Waals surface area contributed by atoms with E-state index in [4.69, 9.17) is 15.3 Å². The Balaban J connectivity index is 1.29. The van der Waals surface area contributed by atoms with Gasteiger partial charge in [-0.1, -0.05) is 31.1 Å². The van der Waals surface area contributed by atoms with Crippen molar-refractivity contribution in [1.29, 1.82) is 0 Å². The molecule has 2 aromatic rings. The number of carbonyl (C=O) groups excluding carboxylic acids is 3. The van der Waals surface area contributed by atoms with E-state index in [1.165, 1.54) is 4.90 Å². The van der Waals surface area contributed by atoms with E-state index in [1.807, 2.05) is 26.0 Å². The molecule has 0 radical (unpaired) electrons. The number of likely N-dealkylation sites (tertiary alicyclic amines) is 1. The summed E-state index contributed by atoms with van der Waals surface area (Å²) in [4.78, 5) is 54.4. The van der Waals surface area contributed by atoms with Crippen LogP contribution in [0.5, 0.6) is 0 Å². The number of thiazole rings is 1. The number of ether oxygens (including phenoxy) is 1. The molecule has 3 aliphatic heterocycles. The van der Waals surface area contributed by atoms with E-state index in [9.17, 15) is 14.4 Å². The number of likely N-dealkylation sites (N-methyl/N-ethyl adjacent to an activating group) is 1. The van der Waals surface area contributed by atoms with E-state index < -0.39 is 24.2 Å². The Bertz CT molecular complexity index is 1350. The molecule has 0 aliphatic carbocycles. The van der Waals surface area contributed by atoms with Crippen LogP contribution in [0.4, 0.5) is 5.13 Å². The lowest BCUT2D eigenvalue weighted by molar-refractivity contribution is -0.138. The number of aromatic nitrogens is 1. The second-order valence-corrected chi connectivity index (χ2v) is 12.6. The lowest BCUT2D eigenvalue weighted by Gasteiger charge is -2.32. The van der Waals surface area contributed by atoms with Crippen LogP contribution in [0.15, 0.2) is 29.4 Å². The van der Waals surface area contributed by atoms with Crippen LogP contribution in [0.2, 0.25) is 0 Å². The monoisotopic (exact) mass is 580 g/mol. The fourth-order valence-corrected chi connectivity index (χ4v) is 6.71. The molecule has 1 aromatic heterocycles. The molecular formula is C28H36N8O4S. The smallest absolute Gasteiger partial charge is 0.251 e. The number of carbonyl (C=O) groups is 3. The number of hydrogen-bond acceptors (Lipinski definition) is 9. The van der Waals surface area contributed by atoms with Gasteiger partial charge in [-0.2, -0.15) is 0 Å². The van der Waals surface area contributed by atoms with Crippen molar-refractivity contribution in [2.24, 2.45) is 11.0 Å². The summed E-state index contributed by atoms with van der Waals surface area (Å²) in [6, 6.07) is 4.97. The number of rotatable bonds is 8. The van der Waals surface area contributed by atoms with Gasteiger partial charge < -0.3 is 24.8 Å². The lowest BCUT2D eigenvalue weighted by Crippen LogP contribution is -2.52. The normalized spacial score (nSPS) is 23.4. The van der Waals surface area contributed by atoms with Crippen LogP contribution in [0.1, 0.15) is 35.5 Å². The van der Waals surface area contributed by atoms with Gasteiger partial charge in [-0.3, -0.25) is 14.4 Å². The molecule has 0 unspecified atom stereocenters. The molecule has 0 bridgehead atoms. The highest BCUT2D eigenvalue weighted by atomic mass is 32.1. The predicted octanol–water partition coefficient (Wildman–Crippen LogP) is 2.87. The lowest BCUT2D eigenvalue weighted by atomic mass is 10.0. The largest absolute Gasteiger partial charge is 0.367 e. The Morgan fingerprint density at radius 2 is 1.93 bits per heavy atom. The Hall–Kier alpha value is -3.51. The molecule has 1 N–H and O–H groups in total. The number of fused-ring (bicyclic) bond motifs is 1. The number of piperazine rings is 1. The van der Waals surface area contributed by atoms with Crippen LogP contribution in [0, 0.1) is 12.8 Å². The topological polar surface area (TPSA) is 144 Å². The van der Waals surface area contributed by atoms with Crippen molar-refractivity contribution in [2.75, 3.05) is 51.3 Å². The van der Waals surface area contributed by atoms with Crippen molar-refractivity contribution in [3.05, 3.63) is 45.1 Å². The average molecular weight is 581 g/mol. The van der Waals surface area contributed by atoms with Gasteiger partial charge in [0.25, 0.3) is 5.91 Å². The van der Waals surface area contributed by atoms with Gasteiger partial charge >= 0.3 is 0 Å². The average Bonchev–Trinajstić information content (AvgIpc) is 3.63. The maximum atomic E-state index is 13.7. The zero-order valence-corrected chi connectivity index (χ0v) is 24.6. The van der Waals surface area contributed by atoms with E-state index in [-0.39, 0.29) is 36.7 Å². The molecule has 5 rings (SSSR count). The zero-order valence-electron chi connectivity index (χ0n) is 23.8. The van der Waals surface area contributed by atoms with Crippen molar-refractivity contribution in [3.63, 3.8) is 0 Å². The molecule has 3 fully saturated rings. The third kappa shape index (κ3) is 6.08. The number of anilines is 1. The highest BCUT2D eigenvalue weighted by Crippen LogP contribution is 2.33. The second kappa shape index (κ2) is 12.2. The molecule has 4 heterocycles. The second-order valence-electron chi connectivity index (χ2n) is 11.4. The number of azide groups is 1. The van der Waals surface area contributed by atoms with Crippen LogP contribution in [0.3, 0.4) is 0 Å². The number of Topliss-reactive ketones (excluding diaryl/α,β-unsaturated/α-hetero) is 1. The van der Waals surface area contributed by atoms with Crippen molar-refractivity contribution in [3.8, 4) is 11.3 Å². The van der Waals surface area contributed by atoms with Gasteiger partial charge in [0.15, 0.2) is 10.9 Å². The summed E-state index contributed by atoms with van der Waals surface area (Å²) in [7, 11) is 2.13. The van der Waals surface area contributed by atoms with Crippen molar-refractivity contribution in [2.45, 2.75) is 51.4 Å². The van der Waals surface area contributed by atoms with Crippen molar-refractivity contribution >= 4 is 34.1 Å². The summed E-state index contributed by atoms with van der Waals surface area (Å²) in [5, 5.41) is 7.65. The predicted molar refractivity (Wildman–Crippen MR) is 156 cm³/mol.